The molecule has 0 fully saturated rings. The number of carbonyl (C=O) groups excluding carboxylic acids is 1. The van der Waals surface area contributed by atoms with E-state index in [0.29, 0.717) is 22.9 Å². The highest BCUT2D eigenvalue weighted by atomic mass is 16.1. The number of amides is 1. The van der Waals surface area contributed by atoms with Gasteiger partial charge < -0.3 is 16.0 Å². The van der Waals surface area contributed by atoms with Gasteiger partial charge in [0.2, 0.25) is 11.9 Å². The van der Waals surface area contributed by atoms with Crippen LogP contribution in [0.25, 0.3) is 0 Å². The van der Waals surface area contributed by atoms with E-state index in [1.165, 1.54) is 6.08 Å². The summed E-state index contributed by atoms with van der Waals surface area (Å²) >= 11 is 0. The minimum absolute atomic E-state index is 0.271. The lowest BCUT2D eigenvalue weighted by atomic mass is 9.96. The standard InChI is InChI=1S/C20H18BN5O/c1-3-18(27)23-16-8-5-9-17(11-16)25-20-22-12-13(2)19(26-20)24-15-7-4-6-14(21)10-15/h3-12H,1H2,2H3,(H,23,27)(H2,22,24,25,26). The summed E-state index contributed by atoms with van der Waals surface area (Å²) in [6.45, 7) is 5.36. The Morgan fingerprint density at radius 3 is 2.52 bits per heavy atom. The van der Waals surface area contributed by atoms with Crippen molar-refractivity contribution in [3.05, 3.63) is 72.9 Å². The van der Waals surface area contributed by atoms with Gasteiger partial charge in [0.1, 0.15) is 13.7 Å². The predicted molar refractivity (Wildman–Crippen MR) is 110 cm³/mol. The molecule has 1 aromatic heterocycles. The van der Waals surface area contributed by atoms with E-state index in [-0.39, 0.29) is 5.91 Å². The third-order valence-electron chi connectivity index (χ3n) is 3.69. The van der Waals surface area contributed by atoms with E-state index in [0.717, 1.165) is 16.9 Å². The van der Waals surface area contributed by atoms with Crippen molar-refractivity contribution < 1.29 is 4.79 Å². The van der Waals surface area contributed by atoms with Crippen LogP contribution < -0.4 is 21.4 Å². The van der Waals surface area contributed by atoms with Gasteiger partial charge in [0.25, 0.3) is 0 Å². The van der Waals surface area contributed by atoms with Gasteiger partial charge in [-0.1, -0.05) is 30.2 Å². The van der Waals surface area contributed by atoms with Crippen LogP contribution in [-0.4, -0.2) is 23.7 Å². The van der Waals surface area contributed by atoms with E-state index in [9.17, 15) is 4.79 Å². The Labute approximate surface area is 159 Å². The van der Waals surface area contributed by atoms with E-state index in [1.807, 2.05) is 43.3 Å². The maximum Gasteiger partial charge on any atom is 0.247 e. The van der Waals surface area contributed by atoms with Crippen LogP contribution in [0.1, 0.15) is 5.56 Å². The average molecular weight is 355 g/mol. The second kappa shape index (κ2) is 8.18. The summed E-state index contributed by atoms with van der Waals surface area (Å²) in [6, 6.07) is 14.7. The molecule has 0 aliphatic heterocycles. The Kier molecular flexibility index (Phi) is 5.51. The van der Waals surface area contributed by atoms with Crippen molar-refractivity contribution >= 4 is 48.0 Å². The van der Waals surface area contributed by atoms with Crippen LogP contribution in [0.5, 0.6) is 0 Å². The molecule has 1 amide bonds. The van der Waals surface area contributed by atoms with Crippen LogP contribution >= 0.6 is 0 Å². The second-order valence-electron chi connectivity index (χ2n) is 5.87. The smallest absolute Gasteiger partial charge is 0.247 e. The van der Waals surface area contributed by atoms with Gasteiger partial charge in [-0.25, -0.2) is 4.98 Å². The number of rotatable bonds is 6. The molecular weight excluding hydrogens is 337 g/mol. The fourth-order valence-electron chi connectivity index (χ4n) is 2.38. The molecule has 3 N–H and O–H groups in total. The van der Waals surface area contributed by atoms with Crippen LogP contribution in [0, 0.1) is 6.92 Å². The van der Waals surface area contributed by atoms with Gasteiger partial charge in [-0.3, -0.25) is 4.79 Å². The molecule has 0 saturated carbocycles. The zero-order valence-electron chi connectivity index (χ0n) is 14.9. The molecule has 1 heterocycles. The highest BCUT2D eigenvalue weighted by molar-refractivity contribution is 6.32. The number of carbonyl (C=O) groups is 1. The Bertz CT molecular complexity index is 990. The number of hydrogen-bond donors (Lipinski definition) is 3. The normalized spacial score (nSPS) is 10.1. The number of aryl methyl sites for hydroxylation is 1. The topological polar surface area (TPSA) is 78.9 Å². The molecule has 3 rings (SSSR count). The molecular formula is C20H18BN5O. The fourth-order valence-corrected chi connectivity index (χ4v) is 2.38. The first-order valence-corrected chi connectivity index (χ1v) is 8.30. The van der Waals surface area contributed by atoms with E-state index >= 15 is 0 Å². The number of aromatic nitrogens is 2. The van der Waals surface area contributed by atoms with Crippen LogP contribution in [0.2, 0.25) is 0 Å². The van der Waals surface area contributed by atoms with Crippen molar-refractivity contribution in [2.75, 3.05) is 16.0 Å². The average Bonchev–Trinajstić information content (AvgIpc) is 2.65. The van der Waals surface area contributed by atoms with Crippen molar-refractivity contribution in [1.29, 1.82) is 0 Å². The van der Waals surface area contributed by atoms with Crippen molar-refractivity contribution in [1.82, 2.24) is 9.97 Å². The maximum absolute atomic E-state index is 11.4. The van der Waals surface area contributed by atoms with Gasteiger partial charge in [0.05, 0.1) is 0 Å². The van der Waals surface area contributed by atoms with E-state index in [2.05, 4.69) is 32.5 Å². The van der Waals surface area contributed by atoms with Gasteiger partial charge in [-0.15, -0.1) is 0 Å². The molecule has 0 bridgehead atoms. The van der Waals surface area contributed by atoms with Crippen molar-refractivity contribution in [2.45, 2.75) is 6.92 Å². The SMILES string of the molecule is [B]c1cccc(Nc2nc(Nc3cccc(NC(=O)C=C)c3)ncc2C)c1. The lowest BCUT2D eigenvalue weighted by Gasteiger charge is -2.12. The Hall–Kier alpha value is -3.61. The summed E-state index contributed by atoms with van der Waals surface area (Å²) in [5.74, 6) is 0.834. The molecule has 0 aliphatic carbocycles. The zero-order valence-corrected chi connectivity index (χ0v) is 14.9. The quantitative estimate of drug-likeness (QED) is 0.468. The number of hydrogen-bond acceptors (Lipinski definition) is 5. The molecule has 0 unspecified atom stereocenters. The third-order valence-corrected chi connectivity index (χ3v) is 3.69. The van der Waals surface area contributed by atoms with Crippen LogP contribution in [0.15, 0.2) is 67.4 Å². The van der Waals surface area contributed by atoms with E-state index < -0.39 is 0 Å². The van der Waals surface area contributed by atoms with Crippen molar-refractivity contribution in [3.63, 3.8) is 0 Å². The maximum atomic E-state index is 11.4. The summed E-state index contributed by atoms with van der Waals surface area (Å²) in [5, 5.41) is 9.10. The van der Waals surface area contributed by atoms with Gasteiger partial charge >= 0.3 is 0 Å². The fraction of sp³-hybridized carbons (Fsp3) is 0.0500. The number of benzene rings is 2. The highest BCUT2D eigenvalue weighted by Gasteiger charge is 2.06. The lowest BCUT2D eigenvalue weighted by Crippen LogP contribution is -2.08. The Balaban J connectivity index is 1.79. The highest BCUT2D eigenvalue weighted by Crippen LogP contribution is 2.22. The summed E-state index contributed by atoms with van der Waals surface area (Å²) in [4.78, 5) is 20.3. The zero-order chi connectivity index (χ0) is 19.2. The predicted octanol–water partition coefficient (Wildman–Crippen LogP) is 3.19. The van der Waals surface area contributed by atoms with E-state index in [1.54, 1.807) is 18.3 Å². The van der Waals surface area contributed by atoms with Gasteiger partial charge in [-0.05, 0) is 43.3 Å². The lowest BCUT2D eigenvalue weighted by molar-refractivity contribution is -0.111. The van der Waals surface area contributed by atoms with Crippen LogP contribution in [-0.2, 0) is 4.79 Å². The van der Waals surface area contributed by atoms with Crippen molar-refractivity contribution in [3.8, 4) is 0 Å². The molecule has 2 radical (unpaired) electrons. The summed E-state index contributed by atoms with van der Waals surface area (Å²) in [7, 11) is 5.82. The van der Waals surface area contributed by atoms with Gasteiger partial charge in [-0.2, -0.15) is 4.98 Å². The molecule has 0 saturated heterocycles. The largest absolute Gasteiger partial charge is 0.340 e. The minimum Gasteiger partial charge on any atom is -0.340 e. The molecule has 2 aromatic carbocycles. The Morgan fingerprint density at radius 1 is 1.07 bits per heavy atom. The first-order valence-electron chi connectivity index (χ1n) is 8.30. The Morgan fingerprint density at radius 2 is 1.78 bits per heavy atom. The molecule has 7 heteroatoms. The summed E-state index contributed by atoms with van der Waals surface area (Å²) in [5.41, 5.74) is 3.81. The molecule has 3 aromatic rings. The molecule has 0 atom stereocenters. The number of nitrogens with zero attached hydrogens (tertiary/aromatic N) is 2. The first kappa shape index (κ1) is 18.2. The molecule has 0 aliphatic rings. The molecule has 27 heavy (non-hydrogen) atoms. The number of nitrogens with one attached hydrogen (secondary N) is 3. The van der Waals surface area contributed by atoms with Crippen LogP contribution in [0.4, 0.5) is 28.8 Å². The molecule has 0 spiro atoms. The monoisotopic (exact) mass is 355 g/mol. The summed E-state index contributed by atoms with van der Waals surface area (Å²) < 4.78 is 0. The molecule has 6 nitrogen and oxygen atoms in total. The summed E-state index contributed by atoms with van der Waals surface area (Å²) in [6.07, 6.45) is 2.95. The second-order valence-corrected chi connectivity index (χ2v) is 5.87. The third kappa shape index (κ3) is 4.95. The minimum atomic E-state index is -0.271. The van der Waals surface area contributed by atoms with Crippen molar-refractivity contribution in [2.24, 2.45) is 0 Å². The van der Waals surface area contributed by atoms with Crippen LogP contribution in [0.3, 0.4) is 0 Å². The molecule has 132 valence electrons. The van der Waals surface area contributed by atoms with Gasteiger partial charge in [0, 0.05) is 28.8 Å². The van der Waals surface area contributed by atoms with Gasteiger partial charge in [0.15, 0.2) is 0 Å². The number of anilines is 5. The van der Waals surface area contributed by atoms with E-state index in [4.69, 9.17) is 7.85 Å². The first-order chi connectivity index (χ1) is 13.0.